The number of aromatic nitrogens is 1. The van der Waals surface area contributed by atoms with Crippen LogP contribution in [0.15, 0.2) is 23.7 Å². The van der Waals surface area contributed by atoms with Gasteiger partial charge in [-0.2, -0.15) is 0 Å². The summed E-state index contributed by atoms with van der Waals surface area (Å²) >= 11 is 0. The predicted octanol–water partition coefficient (Wildman–Crippen LogP) is 2.25. The summed E-state index contributed by atoms with van der Waals surface area (Å²) in [6, 6.07) is 2.04. The zero-order chi connectivity index (χ0) is 13.1. The van der Waals surface area contributed by atoms with Crippen molar-refractivity contribution in [2.24, 2.45) is 0 Å². The molecule has 1 saturated carbocycles. The van der Waals surface area contributed by atoms with Gasteiger partial charge >= 0.3 is 0 Å². The largest absolute Gasteiger partial charge is 0.495 e. The van der Waals surface area contributed by atoms with Gasteiger partial charge in [0.15, 0.2) is 0 Å². The van der Waals surface area contributed by atoms with Crippen LogP contribution in [0.4, 0.5) is 0 Å². The minimum absolute atomic E-state index is 0.491. The molecule has 0 bridgehead atoms. The number of pyridine rings is 1. The number of nitrogens with one attached hydrogen (secondary N) is 1. The molecule has 0 aliphatic heterocycles. The molecule has 1 fully saturated rings. The number of allylic oxidation sites excluding steroid dienone is 1. The average molecular weight is 266 g/mol. The first-order valence-corrected chi connectivity index (χ1v) is 7.10. The number of hydrogen-bond donors (Lipinski definition) is 1. The molecular formula is C13H18N2O2S. The standard InChI is InChI=1S/C13H18N2O2S/c1-9(2)18(16)15-7-11-6-12(10-4-5-10)14-8-13(11)17-3/h6,8,10,15H,1,4-5,7H2,2-3H3. The maximum Gasteiger partial charge on any atom is 0.141 e. The molecule has 18 heavy (non-hydrogen) atoms. The van der Waals surface area contributed by atoms with Crippen molar-refractivity contribution < 1.29 is 8.95 Å². The average Bonchev–Trinajstić information content (AvgIpc) is 3.19. The van der Waals surface area contributed by atoms with Crippen molar-refractivity contribution in [1.29, 1.82) is 0 Å². The fraction of sp³-hybridized carbons (Fsp3) is 0.462. The van der Waals surface area contributed by atoms with Gasteiger partial charge in [-0.25, -0.2) is 8.93 Å². The zero-order valence-corrected chi connectivity index (χ0v) is 11.5. The molecule has 5 heteroatoms. The summed E-state index contributed by atoms with van der Waals surface area (Å²) < 4.78 is 19.8. The highest BCUT2D eigenvalue weighted by molar-refractivity contribution is 7.86. The van der Waals surface area contributed by atoms with Crippen molar-refractivity contribution in [1.82, 2.24) is 9.71 Å². The van der Waals surface area contributed by atoms with Crippen LogP contribution in [0.2, 0.25) is 0 Å². The molecule has 0 spiro atoms. The number of ether oxygens (including phenoxy) is 1. The third kappa shape index (κ3) is 3.17. The molecule has 1 aliphatic rings. The van der Waals surface area contributed by atoms with Crippen LogP contribution >= 0.6 is 0 Å². The van der Waals surface area contributed by atoms with E-state index < -0.39 is 11.0 Å². The molecule has 1 aromatic rings. The van der Waals surface area contributed by atoms with Crippen LogP contribution in [0.25, 0.3) is 0 Å². The van der Waals surface area contributed by atoms with Gasteiger partial charge in [0, 0.05) is 28.6 Å². The molecule has 1 atom stereocenters. The Hall–Kier alpha value is -1.20. The van der Waals surface area contributed by atoms with E-state index in [2.05, 4.69) is 16.3 Å². The Labute approximate surface area is 110 Å². The van der Waals surface area contributed by atoms with Gasteiger partial charge in [-0.3, -0.25) is 4.98 Å². The van der Waals surface area contributed by atoms with E-state index >= 15 is 0 Å². The Bertz CT molecular complexity index is 484. The summed E-state index contributed by atoms with van der Waals surface area (Å²) in [5.74, 6) is 1.33. The summed E-state index contributed by atoms with van der Waals surface area (Å²) in [5.41, 5.74) is 2.10. The molecule has 0 saturated heterocycles. The van der Waals surface area contributed by atoms with Crippen LogP contribution in [0.5, 0.6) is 5.75 Å². The molecule has 98 valence electrons. The van der Waals surface area contributed by atoms with Gasteiger partial charge in [0.05, 0.1) is 13.3 Å². The van der Waals surface area contributed by atoms with E-state index in [4.69, 9.17) is 4.74 Å². The summed E-state index contributed by atoms with van der Waals surface area (Å²) in [7, 11) is 0.413. The van der Waals surface area contributed by atoms with Crippen LogP contribution in [0, 0.1) is 0 Å². The molecule has 1 aliphatic carbocycles. The highest BCUT2D eigenvalue weighted by Gasteiger charge is 2.25. The predicted molar refractivity (Wildman–Crippen MR) is 72.6 cm³/mol. The lowest BCUT2D eigenvalue weighted by Gasteiger charge is -2.10. The summed E-state index contributed by atoms with van der Waals surface area (Å²) in [5, 5.41) is 0. The van der Waals surface area contributed by atoms with E-state index in [1.807, 2.05) is 6.07 Å². The van der Waals surface area contributed by atoms with Crippen LogP contribution < -0.4 is 9.46 Å². The minimum atomic E-state index is -1.20. The second kappa shape index (κ2) is 5.63. The third-order valence-corrected chi connectivity index (χ3v) is 3.93. The lowest BCUT2D eigenvalue weighted by atomic mass is 10.1. The van der Waals surface area contributed by atoms with Crippen molar-refractivity contribution >= 4 is 11.0 Å². The van der Waals surface area contributed by atoms with E-state index in [0.29, 0.717) is 17.4 Å². The Balaban J connectivity index is 2.11. The van der Waals surface area contributed by atoms with E-state index in [1.54, 1.807) is 20.2 Å². The molecule has 1 N–H and O–H groups in total. The van der Waals surface area contributed by atoms with E-state index in [0.717, 1.165) is 17.0 Å². The lowest BCUT2D eigenvalue weighted by molar-refractivity contribution is 0.407. The number of rotatable bonds is 6. The number of nitrogens with zero attached hydrogens (tertiary/aromatic N) is 1. The topological polar surface area (TPSA) is 51.2 Å². The molecule has 0 radical (unpaired) electrons. The van der Waals surface area contributed by atoms with Crippen molar-refractivity contribution in [2.45, 2.75) is 32.2 Å². The summed E-state index contributed by atoms with van der Waals surface area (Å²) in [6.45, 7) is 5.89. The van der Waals surface area contributed by atoms with Crippen LogP contribution in [-0.4, -0.2) is 16.3 Å². The van der Waals surface area contributed by atoms with Crippen LogP contribution in [-0.2, 0) is 17.5 Å². The van der Waals surface area contributed by atoms with Gasteiger partial charge < -0.3 is 4.74 Å². The van der Waals surface area contributed by atoms with Gasteiger partial charge in [-0.15, -0.1) is 0 Å². The van der Waals surface area contributed by atoms with E-state index in [-0.39, 0.29) is 0 Å². The molecule has 0 amide bonds. The van der Waals surface area contributed by atoms with Gasteiger partial charge in [-0.05, 0) is 25.8 Å². The molecule has 1 unspecified atom stereocenters. The first-order valence-electron chi connectivity index (χ1n) is 5.95. The summed E-state index contributed by atoms with van der Waals surface area (Å²) in [6.07, 6.45) is 4.17. The molecular weight excluding hydrogens is 248 g/mol. The third-order valence-electron chi connectivity index (χ3n) is 2.90. The van der Waals surface area contributed by atoms with Crippen molar-refractivity contribution in [2.75, 3.05) is 7.11 Å². The fourth-order valence-electron chi connectivity index (χ4n) is 1.69. The van der Waals surface area contributed by atoms with E-state index in [9.17, 15) is 4.21 Å². The monoisotopic (exact) mass is 266 g/mol. The molecule has 4 nitrogen and oxygen atoms in total. The van der Waals surface area contributed by atoms with Gasteiger partial charge in [-0.1, -0.05) is 6.58 Å². The second-order valence-corrected chi connectivity index (χ2v) is 6.01. The van der Waals surface area contributed by atoms with Gasteiger partial charge in [0.1, 0.15) is 16.7 Å². The quantitative estimate of drug-likeness (QED) is 0.859. The number of hydrogen-bond acceptors (Lipinski definition) is 3. The normalized spacial score (nSPS) is 16.3. The Morgan fingerprint density at radius 2 is 2.39 bits per heavy atom. The highest BCUT2D eigenvalue weighted by Crippen LogP contribution is 2.39. The maximum atomic E-state index is 11.6. The summed E-state index contributed by atoms with van der Waals surface area (Å²) in [4.78, 5) is 5.00. The fourth-order valence-corrected chi connectivity index (χ4v) is 2.23. The van der Waals surface area contributed by atoms with Gasteiger partial charge in [0.2, 0.25) is 0 Å². The Morgan fingerprint density at radius 1 is 1.67 bits per heavy atom. The molecule has 1 aromatic heterocycles. The zero-order valence-electron chi connectivity index (χ0n) is 10.7. The SMILES string of the molecule is C=C(C)S(=O)NCc1cc(C2CC2)ncc1OC. The highest BCUT2D eigenvalue weighted by atomic mass is 32.2. The van der Waals surface area contributed by atoms with Crippen molar-refractivity contribution in [3.05, 3.63) is 35.0 Å². The minimum Gasteiger partial charge on any atom is -0.495 e. The number of methoxy groups -OCH3 is 1. The van der Waals surface area contributed by atoms with Gasteiger partial charge in [0.25, 0.3) is 0 Å². The first-order chi connectivity index (χ1) is 8.61. The molecule has 0 aromatic carbocycles. The Kier molecular flexibility index (Phi) is 4.14. The first kappa shape index (κ1) is 13.2. The Morgan fingerprint density at radius 3 is 2.94 bits per heavy atom. The smallest absolute Gasteiger partial charge is 0.141 e. The van der Waals surface area contributed by atoms with Crippen LogP contribution in [0.3, 0.4) is 0 Å². The van der Waals surface area contributed by atoms with Crippen LogP contribution in [0.1, 0.15) is 36.9 Å². The molecule has 2 rings (SSSR count). The second-order valence-electron chi connectivity index (χ2n) is 4.49. The lowest BCUT2D eigenvalue weighted by Crippen LogP contribution is -2.17. The van der Waals surface area contributed by atoms with Crippen molar-refractivity contribution in [3.63, 3.8) is 0 Å². The van der Waals surface area contributed by atoms with Crippen molar-refractivity contribution in [3.8, 4) is 5.75 Å². The molecule has 1 heterocycles. The maximum absolute atomic E-state index is 11.6. The van der Waals surface area contributed by atoms with E-state index in [1.165, 1.54) is 12.8 Å².